The third-order valence-corrected chi connectivity index (χ3v) is 9.84. The highest BCUT2D eigenvalue weighted by atomic mass is 31.2. The van der Waals surface area contributed by atoms with Crippen molar-refractivity contribution in [3.05, 3.63) is 35.9 Å². The number of aryl methyl sites for hydroxylation is 1. The zero-order chi connectivity index (χ0) is 30.8. The van der Waals surface area contributed by atoms with Crippen molar-refractivity contribution in [1.29, 1.82) is 0 Å². The number of amides is 2. The molecule has 0 spiro atoms. The molecule has 1 aromatic rings. The molecular weight excluding hydrogens is 551 g/mol. The summed E-state index contributed by atoms with van der Waals surface area (Å²) in [5, 5.41) is 17.2. The second-order valence-corrected chi connectivity index (χ2v) is 14.2. The van der Waals surface area contributed by atoms with Crippen LogP contribution in [0.4, 0.5) is 0 Å². The summed E-state index contributed by atoms with van der Waals surface area (Å²) in [5.41, 5.74) is 1.18. The molecule has 1 saturated carbocycles. The van der Waals surface area contributed by atoms with Crippen molar-refractivity contribution in [2.75, 3.05) is 12.7 Å². The van der Waals surface area contributed by atoms with Crippen molar-refractivity contribution in [3.8, 4) is 0 Å². The van der Waals surface area contributed by atoms with Gasteiger partial charge in [-0.3, -0.25) is 18.7 Å². The average molecular weight is 609 g/mol. The zero-order valence-electron chi connectivity index (χ0n) is 26.3. The predicted molar refractivity (Wildman–Crippen MR) is 169 cm³/mol. The Bertz CT molecular complexity index is 940. The number of hydrogen-bond acceptors (Lipinski definition) is 5. The van der Waals surface area contributed by atoms with Crippen molar-refractivity contribution < 1.29 is 28.7 Å². The summed E-state index contributed by atoms with van der Waals surface area (Å²) >= 11 is 0. The van der Waals surface area contributed by atoms with Gasteiger partial charge in [0.2, 0.25) is 11.8 Å². The molecule has 2 amide bonds. The van der Waals surface area contributed by atoms with Gasteiger partial charge in [0.05, 0.1) is 18.3 Å². The number of unbranched alkanes of at least 4 members (excludes halogenated alkanes) is 3. The Labute approximate surface area is 254 Å². The highest BCUT2D eigenvalue weighted by molar-refractivity contribution is 7.52. The molecule has 0 bridgehead atoms. The number of rotatable bonds is 21. The van der Waals surface area contributed by atoms with Crippen molar-refractivity contribution in [2.24, 2.45) is 11.8 Å². The second-order valence-electron chi connectivity index (χ2n) is 12.2. The number of carbonyl (C=O) groups excluding carboxylic acids is 2. The van der Waals surface area contributed by atoms with Gasteiger partial charge >= 0.3 is 7.60 Å². The van der Waals surface area contributed by atoms with Crippen LogP contribution in [-0.4, -0.2) is 52.8 Å². The summed E-state index contributed by atoms with van der Waals surface area (Å²) in [6, 6.07) is 9.45. The molecule has 8 nitrogen and oxygen atoms in total. The predicted octanol–water partition coefficient (Wildman–Crippen LogP) is 6.53. The van der Waals surface area contributed by atoms with Crippen LogP contribution < -0.4 is 10.6 Å². The molecule has 0 aliphatic heterocycles. The van der Waals surface area contributed by atoms with Crippen LogP contribution >= 0.6 is 7.60 Å². The third kappa shape index (κ3) is 14.6. The van der Waals surface area contributed by atoms with Crippen molar-refractivity contribution in [3.63, 3.8) is 0 Å². The smallest absolute Gasteiger partial charge is 0.328 e. The Hall–Kier alpha value is -1.73. The van der Waals surface area contributed by atoms with Crippen LogP contribution in [0.2, 0.25) is 0 Å². The molecule has 1 aromatic carbocycles. The van der Waals surface area contributed by atoms with E-state index < -0.39 is 37.7 Å². The Morgan fingerprint density at radius 2 is 1.69 bits per heavy atom. The van der Waals surface area contributed by atoms with Crippen LogP contribution in [0.1, 0.15) is 116 Å². The largest absolute Gasteiger partial charge is 0.391 e. The topological polar surface area (TPSA) is 125 Å². The van der Waals surface area contributed by atoms with Crippen LogP contribution in [0, 0.1) is 11.8 Å². The quantitative estimate of drug-likeness (QED) is 0.0929. The summed E-state index contributed by atoms with van der Waals surface area (Å²) in [5.74, 6) is -0.566. The van der Waals surface area contributed by atoms with Crippen molar-refractivity contribution in [1.82, 2.24) is 10.6 Å². The maximum absolute atomic E-state index is 13.5. The maximum Gasteiger partial charge on any atom is 0.328 e. The van der Waals surface area contributed by atoms with Gasteiger partial charge in [-0.1, -0.05) is 102 Å². The van der Waals surface area contributed by atoms with Crippen LogP contribution in [0.3, 0.4) is 0 Å². The van der Waals surface area contributed by atoms with E-state index in [-0.39, 0.29) is 18.5 Å². The summed E-state index contributed by atoms with van der Waals surface area (Å²) in [6.45, 7) is 6.48. The average Bonchev–Trinajstić information content (AvgIpc) is 2.98. The Balaban J connectivity index is 2.02. The van der Waals surface area contributed by atoms with Gasteiger partial charge in [0.15, 0.2) is 0 Å². The molecule has 4 N–H and O–H groups in total. The van der Waals surface area contributed by atoms with Crippen LogP contribution in [0.15, 0.2) is 30.3 Å². The monoisotopic (exact) mass is 608 g/mol. The number of aliphatic hydroxyl groups is 1. The van der Waals surface area contributed by atoms with Crippen LogP contribution in [0.5, 0.6) is 0 Å². The lowest BCUT2D eigenvalue weighted by Gasteiger charge is -2.32. The minimum absolute atomic E-state index is 0.00543. The molecule has 0 heterocycles. The van der Waals surface area contributed by atoms with Gasteiger partial charge < -0.3 is 20.6 Å². The first-order valence-corrected chi connectivity index (χ1v) is 18.2. The molecule has 1 unspecified atom stereocenters. The highest BCUT2D eigenvalue weighted by Gasteiger charge is 2.34. The summed E-state index contributed by atoms with van der Waals surface area (Å²) < 4.78 is 18.7. The zero-order valence-corrected chi connectivity index (χ0v) is 27.2. The lowest BCUT2D eigenvalue weighted by molar-refractivity contribution is -0.130. The van der Waals surface area contributed by atoms with Gasteiger partial charge in [0.1, 0.15) is 6.10 Å². The molecule has 9 heteroatoms. The normalized spacial score (nSPS) is 18.4. The number of hydrogen-bond donors (Lipinski definition) is 4. The van der Waals surface area contributed by atoms with E-state index in [9.17, 15) is 24.2 Å². The maximum atomic E-state index is 13.5. The molecule has 2 rings (SSSR count). The molecule has 1 aliphatic rings. The van der Waals surface area contributed by atoms with Gasteiger partial charge in [0.25, 0.3) is 0 Å². The molecule has 240 valence electrons. The van der Waals surface area contributed by atoms with Gasteiger partial charge in [0, 0.05) is 12.5 Å². The van der Waals surface area contributed by atoms with Crippen molar-refractivity contribution >= 4 is 19.4 Å². The van der Waals surface area contributed by atoms with E-state index >= 15 is 0 Å². The fraction of sp³-hybridized carbons (Fsp3) is 0.758. The molecule has 0 aromatic heterocycles. The molecule has 42 heavy (non-hydrogen) atoms. The SMILES string of the molecule is CCCCNC(=O)[C@@H](C)C[C@@H](O)[C@@H](CC1CCCCC1)NC(=O)[C@H](CCCC)OP(=O)(O)CCCCc1ccccc1. The first kappa shape index (κ1) is 36.5. The highest BCUT2D eigenvalue weighted by Crippen LogP contribution is 2.45. The van der Waals surface area contributed by atoms with E-state index in [4.69, 9.17) is 4.52 Å². The molecule has 1 aliphatic carbocycles. The van der Waals surface area contributed by atoms with Gasteiger partial charge in [-0.2, -0.15) is 0 Å². The van der Waals surface area contributed by atoms with Gasteiger partial charge in [-0.15, -0.1) is 0 Å². The van der Waals surface area contributed by atoms with Crippen molar-refractivity contribution in [2.45, 2.75) is 135 Å². The fourth-order valence-electron chi connectivity index (χ4n) is 5.72. The van der Waals surface area contributed by atoms with Crippen LogP contribution in [-0.2, 0) is 25.1 Å². The van der Waals surface area contributed by atoms with Gasteiger partial charge in [-0.25, -0.2) is 0 Å². The first-order chi connectivity index (χ1) is 20.1. The number of nitrogens with one attached hydrogen (secondary N) is 2. The lowest BCUT2D eigenvalue weighted by Crippen LogP contribution is -2.49. The van der Waals surface area contributed by atoms with E-state index in [2.05, 4.69) is 17.6 Å². The number of benzene rings is 1. The summed E-state index contributed by atoms with van der Waals surface area (Å²) in [6.07, 6.45) is 10.3. The third-order valence-electron chi connectivity index (χ3n) is 8.38. The van der Waals surface area contributed by atoms with E-state index in [1.54, 1.807) is 6.92 Å². The minimum atomic E-state index is -3.99. The Morgan fingerprint density at radius 1 is 1.00 bits per heavy atom. The Morgan fingerprint density at radius 3 is 2.36 bits per heavy atom. The molecular formula is C33H57N2O6P. The van der Waals surface area contributed by atoms with E-state index in [1.165, 1.54) is 12.0 Å². The Kier molecular flexibility index (Phi) is 17.6. The lowest BCUT2D eigenvalue weighted by atomic mass is 9.82. The standard InChI is InChI=1S/C33H57N2O6P/c1-4-6-21-31(41-42(39,40)23-15-14-18-27-16-10-8-11-17-27)33(38)35-29(25-28-19-12-9-13-20-28)30(36)24-26(3)32(37)34-22-7-5-2/h8,10-11,16-17,26,28-31,36H,4-7,9,12-15,18-25H2,1-3H3,(H,34,37)(H,35,38)(H,39,40)/t26-,29+,30+,31-/m0/s1. The second kappa shape index (κ2) is 20.3. The van der Waals surface area contributed by atoms with E-state index in [0.717, 1.165) is 57.8 Å². The fourth-order valence-corrected chi connectivity index (χ4v) is 7.05. The van der Waals surface area contributed by atoms with Crippen LogP contribution in [0.25, 0.3) is 0 Å². The van der Waals surface area contributed by atoms with Gasteiger partial charge in [-0.05, 0) is 56.4 Å². The number of aliphatic hydroxyl groups excluding tert-OH is 1. The van der Waals surface area contributed by atoms with E-state index in [0.29, 0.717) is 38.1 Å². The minimum Gasteiger partial charge on any atom is -0.391 e. The molecule has 0 saturated heterocycles. The summed E-state index contributed by atoms with van der Waals surface area (Å²) in [7, 11) is -3.99. The molecule has 0 radical (unpaired) electrons. The first-order valence-electron chi connectivity index (χ1n) is 16.4. The van der Waals surface area contributed by atoms with E-state index in [1.807, 2.05) is 37.3 Å². The summed E-state index contributed by atoms with van der Waals surface area (Å²) in [4.78, 5) is 36.8. The molecule has 5 atom stereocenters. The number of carbonyl (C=O) groups is 2. The molecule has 1 fully saturated rings.